The van der Waals surface area contributed by atoms with Gasteiger partial charge in [-0.25, -0.2) is 5.43 Å². The van der Waals surface area contributed by atoms with Crippen molar-refractivity contribution in [1.82, 2.24) is 10.4 Å². The molecule has 5 nitrogen and oxygen atoms in total. The third-order valence-electron chi connectivity index (χ3n) is 2.49. The van der Waals surface area contributed by atoms with E-state index in [9.17, 15) is 4.79 Å². The van der Waals surface area contributed by atoms with Gasteiger partial charge in [0.1, 0.15) is 5.75 Å². The molecule has 0 aliphatic heterocycles. The summed E-state index contributed by atoms with van der Waals surface area (Å²) in [6, 6.07) is 8.73. The van der Waals surface area contributed by atoms with Gasteiger partial charge in [-0.15, -0.1) is 0 Å². The van der Waals surface area contributed by atoms with Crippen LogP contribution >= 0.6 is 15.9 Å². The van der Waals surface area contributed by atoms with Crippen LogP contribution in [0, 0.1) is 0 Å². The fraction of sp³-hybridized carbons (Fsp3) is 0.0714. The number of pyridine rings is 1. The minimum absolute atomic E-state index is 0.334. The Morgan fingerprint density at radius 1 is 1.35 bits per heavy atom. The van der Waals surface area contributed by atoms with Crippen molar-refractivity contribution in [3.8, 4) is 5.75 Å². The lowest BCUT2D eigenvalue weighted by molar-refractivity contribution is 0.0952. The molecular weight excluding hydrogens is 322 g/mol. The van der Waals surface area contributed by atoms with Crippen molar-refractivity contribution in [2.75, 3.05) is 7.11 Å². The third kappa shape index (κ3) is 3.64. The van der Waals surface area contributed by atoms with Gasteiger partial charge in [0, 0.05) is 16.9 Å². The standard InChI is InChI=1S/C14H12BrN3O2/c1-20-13-8-11(15)2-3-12(13)14(19)18-17-9-10-4-6-16-7-5-10/h2-9H,1H3,(H,18,19)/b17-9+. The highest BCUT2D eigenvalue weighted by molar-refractivity contribution is 9.10. The second-order valence-electron chi connectivity index (χ2n) is 3.82. The van der Waals surface area contributed by atoms with Crippen molar-refractivity contribution in [3.63, 3.8) is 0 Å². The average Bonchev–Trinajstić information content (AvgIpc) is 2.48. The Balaban J connectivity index is 2.07. The second kappa shape index (κ2) is 6.81. The molecule has 1 heterocycles. The summed E-state index contributed by atoms with van der Waals surface area (Å²) in [6.45, 7) is 0. The Bertz CT molecular complexity index is 630. The molecule has 6 heteroatoms. The fourth-order valence-corrected chi connectivity index (χ4v) is 1.87. The molecule has 0 saturated heterocycles. The quantitative estimate of drug-likeness (QED) is 0.691. The molecule has 20 heavy (non-hydrogen) atoms. The highest BCUT2D eigenvalue weighted by atomic mass is 79.9. The number of carbonyl (C=O) groups is 1. The molecule has 1 aromatic heterocycles. The minimum Gasteiger partial charge on any atom is -0.496 e. The summed E-state index contributed by atoms with van der Waals surface area (Å²) in [5.41, 5.74) is 3.73. The van der Waals surface area contributed by atoms with Gasteiger partial charge in [0.05, 0.1) is 18.9 Å². The van der Waals surface area contributed by atoms with Crippen LogP contribution < -0.4 is 10.2 Å². The normalized spacial score (nSPS) is 10.5. The molecule has 0 fully saturated rings. The van der Waals surface area contributed by atoms with Crippen LogP contribution in [0.15, 0.2) is 52.3 Å². The number of aromatic nitrogens is 1. The number of benzene rings is 1. The monoisotopic (exact) mass is 333 g/mol. The molecular formula is C14H12BrN3O2. The van der Waals surface area contributed by atoms with Crippen molar-refractivity contribution in [1.29, 1.82) is 0 Å². The molecule has 102 valence electrons. The van der Waals surface area contributed by atoms with Crippen LogP contribution in [0.3, 0.4) is 0 Å². The van der Waals surface area contributed by atoms with Crippen LogP contribution in [0.4, 0.5) is 0 Å². The summed E-state index contributed by atoms with van der Waals surface area (Å²) in [5, 5.41) is 3.90. The van der Waals surface area contributed by atoms with Crippen LogP contribution in [0.1, 0.15) is 15.9 Å². The van der Waals surface area contributed by atoms with E-state index in [1.54, 1.807) is 48.9 Å². The molecule has 0 radical (unpaired) electrons. The molecule has 2 aromatic rings. The minimum atomic E-state index is -0.334. The number of amides is 1. The second-order valence-corrected chi connectivity index (χ2v) is 4.74. The summed E-state index contributed by atoms with van der Waals surface area (Å²) < 4.78 is 6.00. The molecule has 1 aromatic carbocycles. The van der Waals surface area contributed by atoms with Crippen molar-refractivity contribution in [2.45, 2.75) is 0 Å². The maximum absolute atomic E-state index is 12.0. The van der Waals surface area contributed by atoms with Gasteiger partial charge in [-0.1, -0.05) is 15.9 Å². The summed E-state index contributed by atoms with van der Waals surface area (Å²) in [5.74, 6) is 0.149. The molecule has 0 unspecified atom stereocenters. The van der Waals surface area contributed by atoms with E-state index in [-0.39, 0.29) is 5.91 Å². The molecule has 1 N–H and O–H groups in total. The predicted octanol–water partition coefficient (Wildman–Crippen LogP) is 2.62. The van der Waals surface area contributed by atoms with E-state index in [4.69, 9.17) is 4.74 Å². The number of carbonyl (C=O) groups excluding carboxylic acids is 1. The van der Waals surface area contributed by atoms with E-state index in [0.29, 0.717) is 11.3 Å². The Hall–Kier alpha value is -2.21. The summed E-state index contributed by atoms with van der Waals surface area (Å²) in [6.07, 6.45) is 4.85. The van der Waals surface area contributed by atoms with Gasteiger partial charge in [0.25, 0.3) is 5.91 Å². The summed E-state index contributed by atoms with van der Waals surface area (Å²) >= 11 is 3.32. The fourth-order valence-electron chi connectivity index (χ4n) is 1.53. The van der Waals surface area contributed by atoms with E-state index < -0.39 is 0 Å². The highest BCUT2D eigenvalue weighted by Gasteiger charge is 2.11. The van der Waals surface area contributed by atoms with Gasteiger partial charge in [0.2, 0.25) is 0 Å². The van der Waals surface area contributed by atoms with Crippen molar-refractivity contribution >= 4 is 28.1 Å². The number of halogens is 1. The predicted molar refractivity (Wildman–Crippen MR) is 80.0 cm³/mol. The van der Waals surface area contributed by atoms with Gasteiger partial charge >= 0.3 is 0 Å². The number of ether oxygens (including phenoxy) is 1. The Morgan fingerprint density at radius 2 is 2.10 bits per heavy atom. The number of nitrogens with zero attached hydrogens (tertiary/aromatic N) is 2. The molecule has 2 rings (SSSR count). The van der Waals surface area contributed by atoms with Gasteiger partial charge in [0.15, 0.2) is 0 Å². The Kier molecular flexibility index (Phi) is 4.84. The van der Waals surface area contributed by atoms with Gasteiger partial charge in [-0.2, -0.15) is 5.10 Å². The lowest BCUT2D eigenvalue weighted by atomic mass is 10.2. The van der Waals surface area contributed by atoms with E-state index in [1.165, 1.54) is 7.11 Å². The van der Waals surface area contributed by atoms with E-state index in [1.807, 2.05) is 0 Å². The zero-order valence-corrected chi connectivity index (χ0v) is 12.3. The first-order chi connectivity index (χ1) is 9.70. The smallest absolute Gasteiger partial charge is 0.275 e. The lowest BCUT2D eigenvalue weighted by Gasteiger charge is -2.07. The van der Waals surface area contributed by atoms with Gasteiger partial charge in [-0.3, -0.25) is 9.78 Å². The number of hydrazone groups is 1. The van der Waals surface area contributed by atoms with Crippen LogP contribution in [0.5, 0.6) is 5.75 Å². The summed E-state index contributed by atoms with van der Waals surface area (Å²) in [4.78, 5) is 15.9. The van der Waals surface area contributed by atoms with Crippen molar-refractivity contribution < 1.29 is 9.53 Å². The van der Waals surface area contributed by atoms with Gasteiger partial charge < -0.3 is 4.74 Å². The molecule has 0 aliphatic carbocycles. The molecule has 0 spiro atoms. The van der Waals surface area contributed by atoms with Crippen LogP contribution in [-0.4, -0.2) is 24.2 Å². The molecule has 0 bridgehead atoms. The molecule has 0 aliphatic rings. The average molecular weight is 334 g/mol. The topological polar surface area (TPSA) is 63.6 Å². The largest absolute Gasteiger partial charge is 0.496 e. The first kappa shape index (κ1) is 14.2. The molecule has 1 amide bonds. The van der Waals surface area contributed by atoms with E-state index in [0.717, 1.165) is 10.0 Å². The number of methoxy groups -OCH3 is 1. The van der Waals surface area contributed by atoms with Crippen LogP contribution in [0.2, 0.25) is 0 Å². The van der Waals surface area contributed by atoms with E-state index >= 15 is 0 Å². The van der Waals surface area contributed by atoms with Gasteiger partial charge in [-0.05, 0) is 35.9 Å². The van der Waals surface area contributed by atoms with Crippen molar-refractivity contribution in [2.24, 2.45) is 5.10 Å². The zero-order valence-electron chi connectivity index (χ0n) is 10.7. The zero-order chi connectivity index (χ0) is 14.4. The molecule has 0 atom stereocenters. The van der Waals surface area contributed by atoms with Crippen LogP contribution in [-0.2, 0) is 0 Å². The lowest BCUT2D eigenvalue weighted by Crippen LogP contribution is -2.18. The Morgan fingerprint density at radius 3 is 2.80 bits per heavy atom. The summed E-state index contributed by atoms with van der Waals surface area (Å²) in [7, 11) is 1.51. The van der Waals surface area contributed by atoms with Crippen molar-refractivity contribution in [3.05, 3.63) is 58.3 Å². The maximum atomic E-state index is 12.0. The number of hydrogen-bond acceptors (Lipinski definition) is 4. The molecule has 0 saturated carbocycles. The first-order valence-electron chi connectivity index (χ1n) is 5.77. The first-order valence-corrected chi connectivity index (χ1v) is 6.57. The number of hydrogen-bond donors (Lipinski definition) is 1. The SMILES string of the molecule is COc1cc(Br)ccc1C(=O)N/N=C/c1ccncc1. The van der Waals surface area contributed by atoms with Crippen LogP contribution in [0.25, 0.3) is 0 Å². The number of rotatable bonds is 4. The third-order valence-corrected chi connectivity index (χ3v) is 2.99. The Labute approximate surface area is 124 Å². The number of nitrogens with one attached hydrogen (secondary N) is 1. The van der Waals surface area contributed by atoms with E-state index in [2.05, 4.69) is 31.4 Å². The maximum Gasteiger partial charge on any atom is 0.275 e. The highest BCUT2D eigenvalue weighted by Crippen LogP contribution is 2.23.